The quantitative estimate of drug-likeness (QED) is 0.832. The second kappa shape index (κ2) is 6.52. The highest BCUT2D eigenvalue weighted by atomic mass is 32.2. The minimum absolute atomic E-state index is 0.174. The van der Waals surface area contributed by atoms with Gasteiger partial charge in [0.25, 0.3) is 0 Å². The van der Waals surface area contributed by atoms with Crippen molar-refractivity contribution in [3.05, 3.63) is 21.9 Å². The van der Waals surface area contributed by atoms with Crippen molar-refractivity contribution in [1.82, 2.24) is 0 Å². The van der Waals surface area contributed by atoms with Crippen LogP contribution in [0.15, 0.2) is 11.4 Å². The fraction of sp³-hybridized carbons (Fsp3) is 0.667. The van der Waals surface area contributed by atoms with Crippen molar-refractivity contribution in [3.8, 4) is 0 Å². The second-order valence-corrected chi connectivity index (χ2v) is 7.48. The van der Waals surface area contributed by atoms with Gasteiger partial charge in [0.2, 0.25) is 0 Å². The molecular weight excluding hydrogens is 256 g/mol. The van der Waals surface area contributed by atoms with Gasteiger partial charge in [0, 0.05) is 10.6 Å². The Balaban J connectivity index is 2.48. The topological polar surface area (TPSA) is 54.4 Å². The van der Waals surface area contributed by atoms with Crippen molar-refractivity contribution in [2.45, 2.75) is 39.2 Å². The average molecular weight is 276 g/mol. The van der Waals surface area contributed by atoms with Crippen LogP contribution < -0.4 is 0 Å². The van der Waals surface area contributed by atoms with Crippen LogP contribution >= 0.6 is 11.3 Å². The minimum Gasteiger partial charge on any atom is -0.388 e. The number of aliphatic hydroxyl groups excluding tert-OH is 1. The Morgan fingerprint density at radius 3 is 2.71 bits per heavy atom. The molecule has 17 heavy (non-hydrogen) atoms. The first-order chi connectivity index (χ1) is 8.00. The molecule has 0 aliphatic rings. The zero-order valence-corrected chi connectivity index (χ0v) is 12.0. The zero-order valence-electron chi connectivity index (χ0n) is 10.3. The van der Waals surface area contributed by atoms with Gasteiger partial charge in [0.15, 0.2) is 0 Å². The fourth-order valence-corrected chi connectivity index (χ4v) is 3.62. The van der Waals surface area contributed by atoms with E-state index in [0.717, 1.165) is 11.3 Å². The molecule has 1 heterocycles. The molecule has 0 saturated heterocycles. The monoisotopic (exact) mass is 276 g/mol. The highest BCUT2D eigenvalue weighted by molar-refractivity contribution is 7.91. The summed E-state index contributed by atoms with van der Waals surface area (Å²) in [4.78, 5) is 0.987. The highest BCUT2D eigenvalue weighted by Crippen LogP contribution is 2.28. The summed E-state index contributed by atoms with van der Waals surface area (Å²) < 4.78 is 22.6. The Morgan fingerprint density at radius 2 is 2.12 bits per heavy atom. The van der Waals surface area contributed by atoms with E-state index in [4.69, 9.17) is 0 Å². The van der Waals surface area contributed by atoms with E-state index >= 15 is 0 Å². The first-order valence-electron chi connectivity index (χ1n) is 5.95. The summed E-state index contributed by atoms with van der Waals surface area (Å²) in [5.74, 6) is 0.357. The largest absolute Gasteiger partial charge is 0.388 e. The van der Waals surface area contributed by atoms with Crippen LogP contribution in [0.5, 0.6) is 0 Å². The van der Waals surface area contributed by atoms with Gasteiger partial charge >= 0.3 is 0 Å². The molecule has 98 valence electrons. The molecule has 1 N–H and O–H groups in total. The third-order valence-electron chi connectivity index (χ3n) is 2.84. The van der Waals surface area contributed by atoms with Gasteiger partial charge in [-0.2, -0.15) is 0 Å². The minimum atomic E-state index is -2.91. The molecule has 1 unspecified atom stereocenters. The van der Waals surface area contributed by atoms with Crippen LogP contribution in [-0.2, 0) is 16.3 Å². The van der Waals surface area contributed by atoms with E-state index in [1.165, 1.54) is 5.56 Å². The number of hydrogen-bond acceptors (Lipinski definition) is 4. The number of aliphatic hydroxyl groups is 1. The van der Waals surface area contributed by atoms with Gasteiger partial charge in [-0.15, -0.1) is 11.3 Å². The van der Waals surface area contributed by atoms with E-state index in [1.807, 2.05) is 11.4 Å². The molecule has 0 bridgehead atoms. The third-order valence-corrected chi connectivity index (χ3v) is 5.69. The smallest absolute Gasteiger partial charge is 0.150 e. The van der Waals surface area contributed by atoms with Crippen LogP contribution in [0.25, 0.3) is 0 Å². The van der Waals surface area contributed by atoms with Gasteiger partial charge in [0.1, 0.15) is 9.84 Å². The van der Waals surface area contributed by atoms with Crippen molar-refractivity contribution in [2.24, 2.45) is 0 Å². The van der Waals surface area contributed by atoms with Gasteiger partial charge in [0.05, 0.1) is 11.9 Å². The van der Waals surface area contributed by atoms with E-state index in [1.54, 1.807) is 18.3 Å². The van der Waals surface area contributed by atoms with Crippen molar-refractivity contribution >= 4 is 21.2 Å². The standard InChI is InChI=1S/C12H20O3S2/c1-3-10-7-8-16-12(10)11(13)6-5-9-17(14,15)4-2/h7-8,11,13H,3-6,9H2,1-2H3. The maximum Gasteiger partial charge on any atom is 0.150 e. The molecule has 3 nitrogen and oxygen atoms in total. The summed E-state index contributed by atoms with van der Waals surface area (Å²) in [5.41, 5.74) is 1.17. The summed E-state index contributed by atoms with van der Waals surface area (Å²) in [7, 11) is -2.91. The van der Waals surface area contributed by atoms with Crippen LogP contribution in [0.1, 0.15) is 43.2 Å². The van der Waals surface area contributed by atoms with E-state index in [-0.39, 0.29) is 11.5 Å². The molecule has 0 amide bonds. The van der Waals surface area contributed by atoms with Crippen LogP contribution in [0, 0.1) is 0 Å². The normalized spacial score (nSPS) is 13.8. The van der Waals surface area contributed by atoms with E-state index in [2.05, 4.69) is 6.92 Å². The highest BCUT2D eigenvalue weighted by Gasteiger charge is 2.14. The lowest BCUT2D eigenvalue weighted by Crippen LogP contribution is -2.10. The van der Waals surface area contributed by atoms with Crippen LogP contribution in [-0.4, -0.2) is 25.0 Å². The maximum absolute atomic E-state index is 11.3. The lowest BCUT2D eigenvalue weighted by molar-refractivity contribution is 0.169. The maximum atomic E-state index is 11.3. The Kier molecular flexibility index (Phi) is 5.62. The fourth-order valence-electron chi connectivity index (χ4n) is 1.70. The van der Waals surface area contributed by atoms with E-state index in [9.17, 15) is 13.5 Å². The summed E-state index contributed by atoms with van der Waals surface area (Å²) in [6, 6.07) is 2.02. The molecule has 0 aliphatic heterocycles. The number of thiophene rings is 1. The van der Waals surface area contributed by atoms with Crippen molar-refractivity contribution in [3.63, 3.8) is 0 Å². The number of hydrogen-bond donors (Lipinski definition) is 1. The molecule has 0 spiro atoms. The van der Waals surface area contributed by atoms with Crippen molar-refractivity contribution < 1.29 is 13.5 Å². The van der Waals surface area contributed by atoms with Gasteiger partial charge in [-0.25, -0.2) is 8.42 Å². The van der Waals surface area contributed by atoms with E-state index in [0.29, 0.717) is 12.8 Å². The predicted molar refractivity (Wildman–Crippen MR) is 72.2 cm³/mol. The first kappa shape index (κ1) is 14.7. The molecule has 0 radical (unpaired) electrons. The lowest BCUT2D eigenvalue weighted by atomic mass is 10.1. The molecule has 0 fully saturated rings. The molecule has 5 heteroatoms. The Bertz CT molecular complexity index is 434. The third kappa shape index (κ3) is 4.41. The van der Waals surface area contributed by atoms with Crippen molar-refractivity contribution in [2.75, 3.05) is 11.5 Å². The molecule has 1 rings (SSSR count). The molecular formula is C12H20O3S2. The van der Waals surface area contributed by atoms with Gasteiger partial charge < -0.3 is 5.11 Å². The number of aryl methyl sites for hydroxylation is 1. The zero-order chi connectivity index (χ0) is 12.9. The molecule has 0 aliphatic carbocycles. The molecule has 1 aromatic rings. The molecule has 1 atom stereocenters. The summed E-state index contributed by atoms with van der Waals surface area (Å²) in [5, 5.41) is 12.0. The van der Waals surface area contributed by atoms with Crippen LogP contribution in [0.3, 0.4) is 0 Å². The van der Waals surface area contributed by atoms with Crippen LogP contribution in [0.2, 0.25) is 0 Å². The lowest BCUT2D eigenvalue weighted by Gasteiger charge is -2.10. The first-order valence-corrected chi connectivity index (χ1v) is 8.65. The molecule has 0 saturated carbocycles. The van der Waals surface area contributed by atoms with Crippen molar-refractivity contribution in [1.29, 1.82) is 0 Å². The average Bonchev–Trinajstić information content (AvgIpc) is 2.76. The summed E-state index contributed by atoms with van der Waals surface area (Å²) >= 11 is 1.55. The SMILES string of the molecule is CCc1ccsc1C(O)CCCS(=O)(=O)CC. The Labute approximate surface area is 107 Å². The van der Waals surface area contributed by atoms with E-state index < -0.39 is 15.9 Å². The Hall–Kier alpha value is -0.390. The Morgan fingerprint density at radius 1 is 1.41 bits per heavy atom. The number of sulfone groups is 1. The van der Waals surface area contributed by atoms with Gasteiger partial charge in [-0.05, 0) is 36.3 Å². The molecule has 1 aromatic heterocycles. The van der Waals surface area contributed by atoms with Crippen LogP contribution in [0.4, 0.5) is 0 Å². The summed E-state index contributed by atoms with van der Waals surface area (Å²) in [6.45, 7) is 3.71. The van der Waals surface area contributed by atoms with Gasteiger partial charge in [-0.1, -0.05) is 13.8 Å². The summed E-state index contributed by atoms with van der Waals surface area (Å²) in [6.07, 6.45) is 1.44. The van der Waals surface area contributed by atoms with Gasteiger partial charge in [-0.3, -0.25) is 0 Å². The second-order valence-electron chi connectivity index (χ2n) is 4.06. The number of rotatable bonds is 7. The molecule has 0 aromatic carbocycles. The predicted octanol–water partition coefficient (Wildman–Crippen LogP) is 2.56.